The molecule has 9 heteroatoms. The van der Waals surface area contributed by atoms with Gasteiger partial charge in [-0.3, -0.25) is 19.3 Å². The number of phenols is 1. The van der Waals surface area contributed by atoms with Gasteiger partial charge in [0.15, 0.2) is 0 Å². The SMILES string of the molecule is O=C(O)CCNC(=O)CCCN1C(=O)/C(=C/c2cccc(O)c2)SC1=S. The van der Waals surface area contributed by atoms with E-state index in [1.54, 1.807) is 30.3 Å². The van der Waals surface area contributed by atoms with Crippen molar-refractivity contribution in [3.63, 3.8) is 0 Å². The van der Waals surface area contributed by atoms with Crippen molar-refractivity contribution < 1.29 is 24.6 Å². The molecule has 0 radical (unpaired) electrons. The van der Waals surface area contributed by atoms with Crippen LogP contribution in [-0.2, 0) is 14.4 Å². The second kappa shape index (κ2) is 9.35. The number of carbonyl (C=O) groups excluding carboxylic acids is 2. The number of thiocarbonyl (C=S) groups is 1. The van der Waals surface area contributed by atoms with Gasteiger partial charge in [0.2, 0.25) is 5.91 Å². The average molecular weight is 394 g/mol. The Morgan fingerprint density at radius 1 is 1.31 bits per heavy atom. The number of thioether (sulfide) groups is 1. The van der Waals surface area contributed by atoms with Crippen LogP contribution >= 0.6 is 24.0 Å². The summed E-state index contributed by atoms with van der Waals surface area (Å²) in [6.45, 7) is 0.399. The first-order valence-corrected chi connectivity index (χ1v) is 9.12. The summed E-state index contributed by atoms with van der Waals surface area (Å²) in [7, 11) is 0. The second-order valence-electron chi connectivity index (χ2n) is 5.53. The van der Waals surface area contributed by atoms with Crippen LogP contribution in [0.1, 0.15) is 24.8 Å². The Balaban J connectivity index is 1.85. The number of aromatic hydroxyl groups is 1. The van der Waals surface area contributed by atoms with Crippen LogP contribution in [0.4, 0.5) is 0 Å². The van der Waals surface area contributed by atoms with Crippen molar-refractivity contribution in [3.05, 3.63) is 34.7 Å². The number of nitrogens with one attached hydrogen (secondary N) is 1. The Bertz CT molecular complexity index is 763. The van der Waals surface area contributed by atoms with E-state index in [0.29, 0.717) is 27.8 Å². The summed E-state index contributed by atoms with van der Waals surface area (Å²) >= 11 is 6.41. The summed E-state index contributed by atoms with van der Waals surface area (Å²) in [6, 6.07) is 6.55. The number of benzene rings is 1. The number of amides is 2. The molecule has 1 saturated heterocycles. The summed E-state index contributed by atoms with van der Waals surface area (Å²) in [6.07, 6.45) is 2.14. The standard InChI is InChI=1S/C17H18N2O5S2/c20-12-4-1-3-11(9-12)10-13-16(24)19(17(25)26-13)8-2-5-14(21)18-7-6-15(22)23/h1,3-4,9-10,20H,2,5-8H2,(H,18,21)(H,22,23)/b13-10-. The van der Waals surface area contributed by atoms with E-state index in [-0.39, 0.29) is 37.0 Å². The molecule has 1 aromatic carbocycles. The predicted octanol–water partition coefficient (Wildman–Crippen LogP) is 1.96. The number of carboxylic acids is 1. The highest BCUT2D eigenvalue weighted by Gasteiger charge is 2.31. The van der Waals surface area contributed by atoms with E-state index in [1.165, 1.54) is 16.7 Å². The highest BCUT2D eigenvalue weighted by atomic mass is 32.2. The van der Waals surface area contributed by atoms with Crippen LogP contribution in [0.25, 0.3) is 6.08 Å². The van der Waals surface area contributed by atoms with Crippen molar-refractivity contribution in [3.8, 4) is 5.75 Å². The van der Waals surface area contributed by atoms with Gasteiger partial charge in [0.05, 0.1) is 11.3 Å². The van der Waals surface area contributed by atoms with Crippen LogP contribution in [0.2, 0.25) is 0 Å². The average Bonchev–Trinajstić information content (AvgIpc) is 2.82. The molecule has 2 amide bonds. The third-order valence-electron chi connectivity index (χ3n) is 3.49. The van der Waals surface area contributed by atoms with Crippen molar-refractivity contribution in [2.75, 3.05) is 13.1 Å². The largest absolute Gasteiger partial charge is 0.508 e. The van der Waals surface area contributed by atoms with Crippen LogP contribution < -0.4 is 5.32 Å². The maximum Gasteiger partial charge on any atom is 0.305 e. The molecule has 0 spiro atoms. The summed E-state index contributed by atoms with van der Waals surface area (Å²) in [5, 5.41) is 20.5. The summed E-state index contributed by atoms with van der Waals surface area (Å²) in [5.41, 5.74) is 0.698. The summed E-state index contributed by atoms with van der Waals surface area (Å²) in [5.74, 6) is -1.34. The van der Waals surface area contributed by atoms with Crippen molar-refractivity contribution in [1.29, 1.82) is 0 Å². The first-order valence-electron chi connectivity index (χ1n) is 7.89. The van der Waals surface area contributed by atoms with E-state index in [0.717, 1.165) is 0 Å². The van der Waals surface area contributed by atoms with Crippen LogP contribution in [0.5, 0.6) is 5.75 Å². The van der Waals surface area contributed by atoms with Gasteiger partial charge < -0.3 is 15.5 Å². The maximum absolute atomic E-state index is 12.4. The third kappa shape index (κ3) is 5.85. The van der Waals surface area contributed by atoms with Crippen LogP contribution in [-0.4, -0.2) is 50.3 Å². The molecule has 0 unspecified atom stereocenters. The number of hydrogen-bond acceptors (Lipinski definition) is 6. The van der Waals surface area contributed by atoms with Crippen molar-refractivity contribution in [2.24, 2.45) is 0 Å². The zero-order valence-corrected chi connectivity index (χ0v) is 15.4. The van der Waals surface area contributed by atoms with Crippen LogP contribution in [0.3, 0.4) is 0 Å². The monoisotopic (exact) mass is 394 g/mol. The number of carbonyl (C=O) groups is 3. The number of aliphatic carboxylic acids is 1. The zero-order chi connectivity index (χ0) is 19.1. The summed E-state index contributed by atoms with van der Waals surface area (Å²) < 4.78 is 0.424. The molecule has 1 aromatic rings. The molecule has 1 heterocycles. The lowest BCUT2D eigenvalue weighted by atomic mass is 10.2. The molecule has 0 bridgehead atoms. The van der Waals surface area contributed by atoms with E-state index in [4.69, 9.17) is 17.3 Å². The third-order valence-corrected chi connectivity index (χ3v) is 4.87. The van der Waals surface area contributed by atoms with Gasteiger partial charge >= 0.3 is 5.97 Å². The molecule has 2 rings (SSSR count). The lowest BCUT2D eigenvalue weighted by Gasteiger charge is -2.14. The molecule has 0 atom stereocenters. The van der Waals surface area contributed by atoms with E-state index < -0.39 is 5.97 Å². The van der Waals surface area contributed by atoms with Crippen LogP contribution in [0, 0.1) is 0 Å². The number of phenolic OH excluding ortho intramolecular Hbond substituents is 1. The first-order chi connectivity index (χ1) is 12.4. The first kappa shape index (κ1) is 19.9. The summed E-state index contributed by atoms with van der Waals surface area (Å²) in [4.78, 5) is 36.4. The molecule has 3 N–H and O–H groups in total. The van der Waals surface area contributed by atoms with Crippen molar-refractivity contribution in [2.45, 2.75) is 19.3 Å². The lowest BCUT2D eigenvalue weighted by Crippen LogP contribution is -2.31. The molecule has 1 aliphatic heterocycles. The number of hydrogen-bond donors (Lipinski definition) is 3. The molecule has 7 nitrogen and oxygen atoms in total. The molecular formula is C17H18N2O5S2. The van der Waals surface area contributed by atoms with Gasteiger partial charge in [0.25, 0.3) is 5.91 Å². The highest BCUT2D eigenvalue weighted by molar-refractivity contribution is 8.26. The maximum atomic E-state index is 12.4. The minimum Gasteiger partial charge on any atom is -0.508 e. The molecular weight excluding hydrogens is 376 g/mol. The van der Waals surface area contributed by atoms with Gasteiger partial charge in [-0.1, -0.05) is 36.1 Å². The molecule has 0 aliphatic carbocycles. The molecule has 0 saturated carbocycles. The Hall–Kier alpha value is -2.39. The minimum absolute atomic E-state index is 0.0852. The van der Waals surface area contributed by atoms with Crippen LogP contribution in [0.15, 0.2) is 29.2 Å². The highest BCUT2D eigenvalue weighted by Crippen LogP contribution is 2.33. The van der Waals surface area contributed by atoms with E-state index in [9.17, 15) is 19.5 Å². The minimum atomic E-state index is -0.971. The van der Waals surface area contributed by atoms with Gasteiger partial charge in [0.1, 0.15) is 10.1 Å². The lowest BCUT2D eigenvalue weighted by molar-refractivity contribution is -0.137. The molecule has 138 valence electrons. The van der Waals surface area contributed by atoms with Gasteiger partial charge in [-0.25, -0.2) is 0 Å². The number of nitrogens with zero attached hydrogens (tertiary/aromatic N) is 1. The van der Waals surface area contributed by atoms with Gasteiger partial charge in [-0.05, 0) is 30.2 Å². The van der Waals surface area contributed by atoms with Crippen molar-refractivity contribution >= 4 is 52.2 Å². The fourth-order valence-electron chi connectivity index (χ4n) is 2.25. The molecule has 26 heavy (non-hydrogen) atoms. The Morgan fingerprint density at radius 3 is 2.77 bits per heavy atom. The van der Waals surface area contributed by atoms with Gasteiger partial charge in [-0.15, -0.1) is 0 Å². The second-order valence-corrected chi connectivity index (χ2v) is 7.20. The van der Waals surface area contributed by atoms with E-state index >= 15 is 0 Å². The van der Waals surface area contributed by atoms with Crippen molar-refractivity contribution in [1.82, 2.24) is 10.2 Å². The number of carboxylic acid groups (broad SMARTS) is 1. The topological polar surface area (TPSA) is 107 Å². The smallest absolute Gasteiger partial charge is 0.305 e. The fourth-order valence-corrected chi connectivity index (χ4v) is 3.56. The zero-order valence-electron chi connectivity index (χ0n) is 13.8. The fraction of sp³-hybridized carbons (Fsp3) is 0.294. The van der Waals surface area contributed by atoms with E-state index in [1.807, 2.05) is 0 Å². The van der Waals surface area contributed by atoms with Gasteiger partial charge in [0, 0.05) is 19.5 Å². The Kier molecular flexibility index (Phi) is 7.16. The predicted molar refractivity (Wildman–Crippen MR) is 102 cm³/mol. The molecule has 0 aromatic heterocycles. The normalized spacial score (nSPS) is 15.5. The van der Waals surface area contributed by atoms with Gasteiger partial charge in [-0.2, -0.15) is 0 Å². The van der Waals surface area contributed by atoms with E-state index in [2.05, 4.69) is 5.32 Å². The quantitative estimate of drug-likeness (QED) is 0.457. The Labute approximate surface area is 160 Å². The Morgan fingerprint density at radius 2 is 2.08 bits per heavy atom. The molecule has 1 fully saturated rings. The molecule has 1 aliphatic rings. The number of rotatable bonds is 8.